The van der Waals surface area contributed by atoms with Crippen molar-refractivity contribution >= 4 is 11.8 Å². The van der Waals surface area contributed by atoms with Gasteiger partial charge < -0.3 is 15.0 Å². The third-order valence-electron chi connectivity index (χ3n) is 5.69. The van der Waals surface area contributed by atoms with E-state index in [1.807, 2.05) is 17.0 Å². The quantitative estimate of drug-likeness (QED) is 0.672. The Morgan fingerprint density at radius 1 is 1.34 bits per heavy atom. The molecular weight excluding hydrogens is 368 g/mol. The van der Waals surface area contributed by atoms with E-state index in [0.29, 0.717) is 31.8 Å². The molecule has 2 saturated heterocycles. The number of nitrogens with zero attached hydrogens (tertiary/aromatic N) is 3. The lowest BCUT2D eigenvalue weighted by Crippen LogP contribution is -2.49. The van der Waals surface area contributed by atoms with E-state index in [9.17, 15) is 9.59 Å². The smallest absolute Gasteiger partial charge is 0.225 e. The van der Waals surface area contributed by atoms with Gasteiger partial charge in [0.2, 0.25) is 11.8 Å². The number of piperidine rings is 1. The summed E-state index contributed by atoms with van der Waals surface area (Å²) in [5, 5.41) is 3.13. The molecule has 3 rings (SSSR count). The first-order valence-corrected chi connectivity index (χ1v) is 10.8. The zero-order valence-corrected chi connectivity index (χ0v) is 17.7. The number of amides is 2. The van der Waals surface area contributed by atoms with E-state index >= 15 is 0 Å². The molecule has 1 aromatic rings. The second-order valence-electron chi connectivity index (χ2n) is 8.41. The Morgan fingerprint density at radius 3 is 2.83 bits per heavy atom. The Kier molecular flexibility index (Phi) is 8.00. The minimum atomic E-state index is -0.244. The van der Waals surface area contributed by atoms with Gasteiger partial charge in [-0.2, -0.15) is 0 Å². The highest BCUT2D eigenvalue weighted by molar-refractivity contribution is 5.85. The maximum Gasteiger partial charge on any atom is 0.225 e. The van der Waals surface area contributed by atoms with Crippen LogP contribution in [0, 0.1) is 11.8 Å². The van der Waals surface area contributed by atoms with Gasteiger partial charge in [-0.1, -0.05) is 19.9 Å². The van der Waals surface area contributed by atoms with Gasteiger partial charge in [0.05, 0.1) is 25.2 Å². The van der Waals surface area contributed by atoms with Gasteiger partial charge in [0.1, 0.15) is 0 Å². The van der Waals surface area contributed by atoms with E-state index < -0.39 is 0 Å². The molecule has 0 spiro atoms. The van der Waals surface area contributed by atoms with E-state index in [2.05, 4.69) is 29.0 Å². The highest BCUT2D eigenvalue weighted by Crippen LogP contribution is 2.37. The van der Waals surface area contributed by atoms with E-state index in [-0.39, 0.29) is 23.8 Å². The number of rotatable bonds is 8. The lowest BCUT2D eigenvalue weighted by Gasteiger charge is -2.41. The van der Waals surface area contributed by atoms with E-state index in [1.54, 1.807) is 12.4 Å². The molecule has 0 saturated carbocycles. The monoisotopic (exact) mass is 402 g/mol. The molecule has 2 atom stereocenters. The molecule has 29 heavy (non-hydrogen) atoms. The van der Waals surface area contributed by atoms with E-state index in [1.165, 1.54) is 0 Å². The summed E-state index contributed by atoms with van der Waals surface area (Å²) < 4.78 is 5.37. The van der Waals surface area contributed by atoms with Gasteiger partial charge in [-0.05, 0) is 36.9 Å². The molecule has 0 aromatic carbocycles. The molecule has 0 bridgehead atoms. The predicted molar refractivity (Wildman–Crippen MR) is 111 cm³/mol. The van der Waals surface area contributed by atoms with Gasteiger partial charge in [0.15, 0.2) is 0 Å². The van der Waals surface area contributed by atoms with E-state index in [0.717, 1.165) is 44.8 Å². The number of ether oxygens (including phenoxy) is 1. The third kappa shape index (κ3) is 6.00. The van der Waals surface area contributed by atoms with Crippen LogP contribution in [-0.2, 0) is 14.3 Å². The van der Waals surface area contributed by atoms with Gasteiger partial charge in [-0.15, -0.1) is 0 Å². The topological polar surface area (TPSA) is 74.8 Å². The summed E-state index contributed by atoms with van der Waals surface area (Å²) >= 11 is 0. The molecule has 7 nitrogen and oxygen atoms in total. The number of hydrogen-bond acceptors (Lipinski definition) is 5. The van der Waals surface area contributed by atoms with Crippen molar-refractivity contribution in [1.82, 2.24) is 20.1 Å². The summed E-state index contributed by atoms with van der Waals surface area (Å²) in [6.07, 6.45) is 5.44. The van der Waals surface area contributed by atoms with Crippen LogP contribution in [0.15, 0.2) is 24.5 Å². The molecule has 0 radical (unpaired) electrons. The number of likely N-dealkylation sites (tertiary alicyclic amines) is 1. The predicted octanol–water partition coefficient (Wildman–Crippen LogP) is 1.86. The Balaban J connectivity index is 1.63. The Labute approximate surface area is 173 Å². The molecule has 3 heterocycles. The second kappa shape index (κ2) is 10.7. The van der Waals surface area contributed by atoms with E-state index in [4.69, 9.17) is 4.74 Å². The Hall–Kier alpha value is -1.99. The molecule has 160 valence electrons. The summed E-state index contributed by atoms with van der Waals surface area (Å²) in [4.78, 5) is 34.2. The van der Waals surface area contributed by atoms with Crippen LogP contribution in [0.25, 0.3) is 0 Å². The van der Waals surface area contributed by atoms with Gasteiger partial charge in [-0.3, -0.25) is 19.5 Å². The molecule has 2 unspecified atom stereocenters. The number of carbonyl (C=O) groups excluding carboxylic acids is 2. The molecule has 2 aliphatic heterocycles. The lowest BCUT2D eigenvalue weighted by molar-refractivity contribution is -0.144. The molecular formula is C22H34N4O3. The van der Waals surface area contributed by atoms with Crippen LogP contribution in [0.3, 0.4) is 0 Å². The summed E-state index contributed by atoms with van der Waals surface area (Å²) in [7, 11) is 0. The number of carbonyl (C=O) groups is 2. The fourth-order valence-corrected chi connectivity index (χ4v) is 4.27. The van der Waals surface area contributed by atoms with Crippen molar-refractivity contribution in [3.8, 4) is 0 Å². The van der Waals surface area contributed by atoms with Crippen LogP contribution in [0.1, 0.15) is 44.7 Å². The van der Waals surface area contributed by atoms with Crippen molar-refractivity contribution in [3.05, 3.63) is 30.1 Å². The molecule has 2 aliphatic rings. The van der Waals surface area contributed by atoms with Crippen molar-refractivity contribution < 1.29 is 14.3 Å². The third-order valence-corrected chi connectivity index (χ3v) is 5.69. The average molecular weight is 403 g/mol. The summed E-state index contributed by atoms with van der Waals surface area (Å²) in [5.41, 5.74) is 0.940. The second-order valence-corrected chi connectivity index (χ2v) is 8.41. The van der Waals surface area contributed by atoms with Crippen LogP contribution in [0.5, 0.6) is 0 Å². The number of pyridine rings is 1. The standard InChI is InChI=1S/C22H34N4O3/c1-17(2)16-26-20(27)7-6-19(21(26)18-5-3-8-23-15-18)22(28)24-9-4-10-25-11-13-29-14-12-25/h3,5,8,15,17,19,21H,4,6-7,9-14,16H2,1-2H3,(H,24,28). The van der Waals surface area contributed by atoms with Crippen molar-refractivity contribution in [2.45, 2.75) is 39.2 Å². The molecule has 2 amide bonds. The van der Waals surface area contributed by atoms with Crippen LogP contribution in [-0.4, -0.2) is 72.5 Å². The number of hydrogen-bond donors (Lipinski definition) is 1. The minimum Gasteiger partial charge on any atom is -0.379 e. The van der Waals surface area contributed by atoms with Gasteiger partial charge >= 0.3 is 0 Å². The zero-order valence-electron chi connectivity index (χ0n) is 17.7. The summed E-state index contributed by atoms with van der Waals surface area (Å²) in [6, 6.07) is 3.60. The van der Waals surface area contributed by atoms with Crippen molar-refractivity contribution in [1.29, 1.82) is 0 Å². The van der Waals surface area contributed by atoms with Crippen LogP contribution in [0.4, 0.5) is 0 Å². The Morgan fingerprint density at radius 2 is 2.14 bits per heavy atom. The number of nitrogens with one attached hydrogen (secondary N) is 1. The van der Waals surface area contributed by atoms with Crippen molar-refractivity contribution in [2.75, 3.05) is 45.9 Å². The van der Waals surface area contributed by atoms with Crippen LogP contribution >= 0.6 is 0 Å². The highest BCUT2D eigenvalue weighted by atomic mass is 16.5. The molecule has 7 heteroatoms. The highest BCUT2D eigenvalue weighted by Gasteiger charge is 2.40. The first kappa shape index (κ1) is 21.7. The first-order chi connectivity index (χ1) is 14.1. The largest absolute Gasteiger partial charge is 0.379 e. The fraction of sp³-hybridized carbons (Fsp3) is 0.682. The van der Waals surface area contributed by atoms with Crippen LogP contribution in [0.2, 0.25) is 0 Å². The van der Waals surface area contributed by atoms with Gasteiger partial charge in [0, 0.05) is 45.0 Å². The number of morpholine rings is 1. The summed E-state index contributed by atoms with van der Waals surface area (Å²) in [5.74, 6) is 0.276. The minimum absolute atomic E-state index is 0.0436. The average Bonchev–Trinajstić information content (AvgIpc) is 2.73. The fourth-order valence-electron chi connectivity index (χ4n) is 4.27. The molecule has 1 N–H and O–H groups in total. The van der Waals surface area contributed by atoms with Crippen LogP contribution < -0.4 is 5.32 Å². The Bertz CT molecular complexity index is 661. The lowest BCUT2D eigenvalue weighted by atomic mass is 9.83. The maximum absolute atomic E-state index is 13.1. The van der Waals surface area contributed by atoms with Gasteiger partial charge in [0.25, 0.3) is 0 Å². The van der Waals surface area contributed by atoms with Crippen molar-refractivity contribution in [2.24, 2.45) is 11.8 Å². The first-order valence-electron chi connectivity index (χ1n) is 10.8. The van der Waals surface area contributed by atoms with Crippen molar-refractivity contribution in [3.63, 3.8) is 0 Å². The maximum atomic E-state index is 13.1. The summed E-state index contributed by atoms with van der Waals surface area (Å²) in [6.45, 7) is 9.99. The zero-order chi connectivity index (χ0) is 20.6. The molecule has 0 aliphatic carbocycles. The SMILES string of the molecule is CC(C)CN1C(=O)CCC(C(=O)NCCCN2CCOCC2)C1c1cccnc1. The number of aromatic nitrogens is 1. The molecule has 2 fully saturated rings. The van der Waals surface area contributed by atoms with Gasteiger partial charge in [-0.25, -0.2) is 0 Å². The normalized spacial score (nSPS) is 23.4. The molecule has 1 aromatic heterocycles.